The molecule has 46 heavy (non-hydrogen) atoms. The van der Waals surface area contributed by atoms with Crippen molar-refractivity contribution in [2.75, 3.05) is 43.7 Å². The van der Waals surface area contributed by atoms with Crippen LogP contribution < -0.4 is 21.3 Å². The summed E-state index contributed by atoms with van der Waals surface area (Å²) in [6, 6.07) is 5.80. The predicted octanol–water partition coefficient (Wildman–Crippen LogP) is 0.650. The summed E-state index contributed by atoms with van der Waals surface area (Å²) in [5.74, 6) is -11.5. The van der Waals surface area contributed by atoms with E-state index in [0.29, 0.717) is 16.9 Å². The molecule has 0 heterocycles. The normalized spacial score (nSPS) is 27.0. The number of aromatic hydroxyl groups is 1. The summed E-state index contributed by atoms with van der Waals surface area (Å²) in [6.07, 6.45) is 0.0272. The zero-order valence-corrected chi connectivity index (χ0v) is 26.1. The SMILES string of the molecule is CN(C)c1cc(NC(=S)Nc2ccc([N+](=O)[O-])cc2)c(O)c2c1C[C@H]1C[C@H]3[C@H](N(C)C)C(=O)C(C(N)=O)C(=O)[C@@]3(O)C(=O)C1C2=O. The minimum Gasteiger partial charge on any atom is -0.505 e. The van der Waals surface area contributed by atoms with Gasteiger partial charge in [-0.3, -0.25) is 39.0 Å². The number of aliphatic hydroxyl groups is 1. The number of phenols is 1. The van der Waals surface area contributed by atoms with Gasteiger partial charge < -0.3 is 31.5 Å². The number of nitrogens with two attached hydrogens (primary N) is 1. The Labute approximate surface area is 267 Å². The van der Waals surface area contributed by atoms with E-state index in [1.54, 1.807) is 25.1 Å². The first-order chi connectivity index (χ1) is 21.5. The van der Waals surface area contributed by atoms with Gasteiger partial charge in [-0.15, -0.1) is 0 Å². The van der Waals surface area contributed by atoms with Crippen LogP contribution in [-0.2, 0) is 25.6 Å². The number of fused-ring (bicyclic) bond motifs is 3. The molecule has 2 saturated carbocycles. The molecule has 2 unspecified atom stereocenters. The second-order valence-electron chi connectivity index (χ2n) is 12.2. The number of likely N-dealkylation sites (N-methyl/N-ethyl adjacent to an activating group) is 1. The number of nitro groups is 1. The average molecular weight is 653 g/mol. The van der Waals surface area contributed by atoms with Gasteiger partial charge in [-0.05, 0) is 68.8 Å². The first-order valence-corrected chi connectivity index (χ1v) is 14.6. The van der Waals surface area contributed by atoms with Gasteiger partial charge in [0.15, 0.2) is 39.8 Å². The summed E-state index contributed by atoms with van der Waals surface area (Å²) < 4.78 is 0. The molecule has 0 aromatic heterocycles. The fourth-order valence-corrected chi connectivity index (χ4v) is 7.33. The zero-order chi connectivity index (χ0) is 34.0. The maximum atomic E-state index is 14.2. The molecule has 0 saturated heterocycles. The molecule has 2 fully saturated rings. The lowest BCUT2D eigenvalue weighted by Gasteiger charge is -2.52. The van der Waals surface area contributed by atoms with Crippen molar-refractivity contribution in [3.05, 3.63) is 51.6 Å². The number of hydrogen-bond acceptors (Lipinski definition) is 12. The minimum absolute atomic E-state index is 0.00862. The van der Waals surface area contributed by atoms with Gasteiger partial charge in [0.25, 0.3) is 5.69 Å². The fourth-order valence-electron chi connectivity index (χ4n) is 7.10. The highest BCUT2D eigenvalue weighted by molar-refractivity contribution is 7.80. The quantitative estimate of drug-likeness (QED) is 0.0950. The van der Waals surface area contributed by atoms with Crippen LogP contribution in [0.25, 0.3) is 0 Å². The number of primary amides is 1. The molecule has 242 valence electrons. The Hall–Kier alpha value is -4.80. The van der Waals surface area contributed by atoms with E-state index in [2.05, 4.69) is 10.6 Å². The summed E-state index contributed by atoms with van der Waals surface area (Å²) in [4.78, 5) is 80.8. The summed E-state index contributed by atoms with van der Waals surface area (Å²) in [5.41, 5.74) is 3.58. The second-order valence-corrected chi connectivity index (χ2v) is 12.6. The van der Waals surface area contributed by atoms with Crippen LogP contribution in [0, 0.1) is 33.8 Å². The molecule has 6 N–H and O–H groups in total. The van der Waals surface area contributed by atoms with E-state index in [9.17, 15) is 44.3 Å². The van der Waals surface area contributed by atoms with Crippen molar-refractivity contribution < 1.29 is 39.1 Å². The number of carbonyl (C=O) groups is 5. The summed E-state index contributed by atoms with van der Waals surface area (Å²) >= 11 is 5.37. The monoisotopic (exact) mass is 652 g/mol. The van der Waals surface area contributed by atoms with E-state index >= 15 is 0 Å². The van der Waals surface area contributed by atoms with Gasteiger partial charge in [-0.1, -0.05) is 0 Å². The van der Waals surface area contributed by atoms with Gasteiger partial charge in [0.05, 0.1) is 28.1 Å². The molecule has 3 aliphatic carbocycles. The smallest absolute Gasteiger partial charge is 0.269 e. The number of nitrogens with one attached hydrogen (secondary N) is 2. The van der Waals surface area contributed by atoms with Crippen LogP contribution in [0.15, 0.2) is 30.3 Å². The third-order valence-corrected chi connectivity index (χ3v) is 9.31. The van der Waals surface area contributed by atoms with Gasteiger partial charge in [0, 0.05) is 43.5 Å². The van der Waals surface area contributed by atoms with E-state index < -0.39 is 75.0 Å². The number of amides is 1. The average Bonchev–Trinajstić information content (AvgIpc) is 2.96. The fraction of sp³-hybridized carbons (Fsp3) is 0.400. The number of hydrogen-bond donors (Lipinski definition) is 5. The molecule has 15 nitrogen and oxygen atoms in total. The van der Waals surface area contributed by atoms with E-state index in [1.807, 2.05) is 0 Å². The lowest BCUT2D eigenvalue weighted by Crippen LogP contribution is -2.74. The molecule has 1 amide bonds. The lowest BCUT2D eigenvalue weighted by molar-refractivity contribution is -0.384. The number of nitro benzene ring substituents is 1. The van der Waals surface area contributed by atoms with Gasteiger partial charge >= 0.3 is 0 Å². The van der Waals surface area contributed by atoms with E-state index in [1.165, 1.54) is 43.3 Å². The number of ketones is 4. The van der Waals surface area contributed by atoms with Gasteiger partial charge in [0.2, 0.25) is 5.91 Å². The first-order valence-electron chi connectivity index (χ1n) is 14.2. The van der Waals surface area contributed by atoms with Crippen molar-refractivity contribution in [3.8, 4) is 5.75 Å². The Bertz CT molecular complexity index is 1730. The molecule has 5 rings (SSSR count). The predicted molar refractivity (Wildman–Crippen MR) is 169 cm³/mol. The Morgan fingerprint density at radius 2 is 1.72 bits per heavy atom. The number of phenolic OH excluding ortho intramolecular Hbond substituents is 1. The highest BCUT2D eigenvalue weighted by Gasteiger charge is 2.69. The number of nitrogens with zero attached hydrogens (tertiary/aromatic N) is 3. The molecule has 0 aliphatic heterocycles. The van der Waals surface area contributed by atoms with Crippen molar-refractivity contribution in [1.29, 1.82) is 0 Å². The molecule has 6 atom stereocenters. The Kier molecular flexibility index (Phi) is 8.17. The molecule has 0 radical (unpaired) electrons. The van der Waals surface area contributed by atoms with Crippen LogP contribution in [0.2, 0.25) is 0 Å². The van der Waals surface area contributed by atoms with Crippen LogP contribution in [0.3, 0.4) is 0 Å². The van der Waals surface area contributed by atoms with Gasteiger partial charge in [-0.25, -0.2) is 0 Å². The van der Waals surface area contributed by atoms with Crippen LogP contribution in [-0.4, -0.2) is 94.0 Å². The van der Waals surface area contributed by atoms with E-state index in [-0.39, 0.29) is 34.9 Å². The number of rotatable bonds is 6. The molecule has 16 heteroatoms. The third kappa shape index (κ3) is 4.98. The van der Waals surface area contributed by atoms with Crippen molar-refractivity contribution in [2.24, 2.45) is 29.4 Å². The number of Topliss-reactive ketones (excluding diaryl/α,β-unsaturated/α-hetero) is 4. The zero-order valence-electron chi connectivity index (χ0n) is 25.3. The Balaban J connectivity index is 1.54. The summed E-state index contributed by atoms with van der Waals surface area (Å²) in [7, 11) is 6.48. The van der Waals surface area contributed by atoms with Crippen LogP contribution in [0.4, 0.5) is 22.7 Å². The largest absolute Gasteiger partial charge is 0.505 e. The van der Waals surface area contributed by atoms with Crippen molar-refractivity contribution in [2.45, 2.75) is 24.5 Å². The summed E-state index contributed by atoms with van der Waals surface area (Å²) in [5, 5.41) is 39.8. The summed E-state index contributed by atoms with van der Waals surface area (Å²) in [6.45, 7) is 0. The maximum absolute atomic E-state index is 14.2. The van der Waals surface area contributed by atoms with Crippen molar-refractivity contribution in [3.63, 3.8) is 0 Å². The number of benzene rings is 2. The van der Waals surface area contributed by atoms with Crippen LogP contribution in [0.5, 0.6) is 5.75 Å². The number of thiocarbonyl (C=S) groups is 1. The maximum Gasteiger partial charge on any atom is 0.269 e. The minimum atomic E-state index is -2.83. The Morgan fingerprint density at radius 3 is 2.26 bits per heavy atom. The van der Waals surface area contributed by atoms with Crippen LogP contribution >= 0.6 is 12.2 Å². The molecule has 3 aliphatic rings. The molecule has 0 spiro atoms. The van der Waals surface area contributed by atoms with Gasteiger partial charge in [-0.2, -0.15) is 0 Å². The van der Waals surface area contributed by atoms with Crippen molar-refractivity contribution in [1.82, 2.24) is 4.90 Å². The third-order valence-electron chi connectivity index (χ3n) is 9.10. The number of non-ortho nitro benzene ring substituents is 1. The number of carbonyl (C=O) groups excluding carboxylic acids is 5. The lowest BCUT2D eigenvalue weighted by atomic mass is 9.52. The molecule has 2 aromatic rings. The van der Waals surface area contributed by atoms with Crippen LogP contribution in [0.1, 0.15) is 22.3 Å². The standard InChI is InChI=1S/C30H32N6O9S/c1-34(2)18-11-17(33-29(46)32-13-5-7-14(8-6-13)36(44)45)23(37)20-15(18)9-12-10-16-22(35(3)4)25(39)21(28(31)42)27(41)30(16,43)26(40)19(12)24(20)38/h5-8,11-12,16,19,21-22,37,43H,9-10H2,1-4H3,(H2,31,42)(H2,32,33,46)/t12-,16-,19?,21?,22-,30-/m0/s1. The van der Waals surface area contributed by atoms with E-state index in [4.69, 9.17) is 18.0 Å². The highest BCUT2D eigenvalue weighted by Crippen LogP contribution is 2.52. The Morgan fingerprint density at radius 1 is 1.09 bits per heavy atom. The second kappa shape index (κ2) is 11.5. The topological polar surface area (TPSA) is 226 Å². The molecular weight excluding hydrogens is 620 g/mol. The molecule has 0 bridgehead atoms. The molecule has 2 aromatic carbocycles. The highest BCUT2D eigenvalue weighted by atomic mass is 32.1. The van der Waals surface area contributed by atoms with Crippen molar-refractivity contribution >= 4 is 69.1 Å². The van der Waals surface area contributed by atoms with Gasteiger partial charge in [0.1, 0.15) is 5.75 Å². The van der Waals surface area contributed by atoms with E-state index in [0.717, 1.165) is 0 Å². The first kappa shape index (κ1) is 32.6. The number of anilines is 3. The molecular formula is C30H32N6O9S.